The van der Waals surface area contributed by atoms with Gasteiger partial charge in [0.05, 0.1) is 12.8 Å². The van der Waals surface area contributed by atoms with Crippen LogP contribution in [0.3, 0.4) is 0 Å². The quantitative estimate of drug-likeness (QED) is 0.686. The molecule has 0 spiro atoms. The largest absolute Gasteiger partial charge is 0.488 e. The maximum Gasteiger partial charge on any atom is 0.230 e. The number of furan rings is 1. The number of hydrogen-bond acceptors (Lipinski definition) is 6. The lowest BCUT2D eigenvalue weighted by atomic mass is 10.1. The van der Waals surface area contributed by atoms with Crippen LogP contribution in [0.1, 0.15) is 30.4 Å². The van der Waals surface area contributed by atoms with Crippen molar-refractivity contribution in [2.45, 2.75) is 31.4 Å². The number of rotatable bonds is 6. The van der Waals surface area contributed by atoms with E-state index in [-0.39, 0.29) is 6.10 Å². The second-order valence-corrected chi connectivity index (χ2v) is 6.77. The van der Waals surface area contributed by atoms with Crippen LogP contribution in [0.25, 0.3) is 11.4 Å². The fraction of sp³-hybridized carbons (Fsp3) is 0.368. The van der Waals surface area contributed by atoms with E-state index in [2.05, 4.69) is 15.0 Å². The summed E-state index contributed by atoms with van der Waals surface area (Å²) in [6.07, 6.45) is 4.26. The summed E-state index contributed by atoms with van der Waals surface area (Å²) in [4.78, 5) is 6.77. The Balaban J connectivity index is 1.16. The molecule has 1 saturated carbocycles. The van der Waals surface area contributed by atoms with Gasteiger partial charge < -0.3 is 13.7 Å². The van der Waals surface area contributed by atoms with Gasteiger partial charge in [0.15, 0.2) is 0 Å². The highest BCUT2D eigenvalue weighted by atomic mass is 16.5. The number of likely N-dealkylation sites (tertiary alicyclic amines) is 1. The molecule has 0 radical (unpaired) electrons. The van der Waals surface area contributed by atoms with Crippen LogP contribution in [0.2, 0.25) is 0 Å². The molecule has 5 rings (SSSR count). The van der Waals surface area contributed by atoms with E-state index in [0.717, 1.165) is 55.4 Å². The van der Waals surface area contributed by atoms with Gasteiger partial charge in [-0.2, -0.15) is 4.98 Å². The van der Waals surface area contributed by atoms with Crippen molar-refractivity contribution >= 4 is 0 Å². The van der Waals surface area contributed by atoms with E-state index in [1.54, 1.807) is 6.26 Å². The molecule has 0 N–H and O–H groups in total. The first kappa shape index (κ1) is 14.7. The molecule has 1 aliphatic carbocycles. The van der Waals surface area contributed by atoms with E-state index >= 15 is 0 Å². The van der Waals surface area contributed by atoms with Crippen LogP contribution in [0.5, 0.6) is 5.75 Å². The molecule has 2 aliphatic rings. The van der Waals surface area contributed by atoms with E-state index in [1.807, 2.05) is 36.4 Å². The van der Waals surface area contributed by atoms with Gasteiger partial charge in [0.25, 0.3) is 0 Å². The highest BCUT2D eigenvalue weighted by Crippen LogP contribution is 2.39. The topological polar surface area (TPSA) is 64.5 Å². The van der Waals surface area contributed by atoms with Gasteiger partial charge in [0.1, 0.15) is 17.6 Å². The number of nitrogens with zero attached hydrogens (tertiary/aromatic N) is 3. The zero-order chi connectivity index (χ0) is 16.6. The summed E-state index contributed by atoms with van der Waals surface area (Å²) in [5.74, 6) is 3.76. The predicted octanol–water partition coefficient (Wildman–Crippen LogP) is 3.47. The average Bonchev–Trinajstić information content (AvgIpc) is 3.11. The molecule has 0 amide bonds. The first-order valence-corrected chi connectivity index (χ1v) is 8.69. The Labute approximate surface area is 145 Å². The zero-order valence-electron chi connectivity index (χ0n) is 13.8. The molecular weight excluding hydrogens is 318 g/mol. The maximum absolute atomic E-state index is 6.01. The van der Waals surface area contributed by atoms with Crippen molar-refractivity contribution in [3.05, 3.63) is 54.3 Å². The Morgan fingerprint density at radius 1 is 1.12 bits per heavy atom. The second kappa shape index (κ2) is 6.04. The summed E-state index contributed by atoms with van der Waals surface area (Å²) in [5, 5.41) is 4.07. The third-order valence-corrected chi connectivity index (χ3v) is 4.67. The van der Waals surface area contributed by atoms with Crippen molar-refractivity contribution in [2.75, 3.05) is 13.1 Å². The van der Waals surface area contributed by atoms with E-state index in [1.165, 1.54) is 0 Å². The van der Waals surface area contributed by atoms with E-state index in [0.29, 0.717) is 11.7 Å². The lowest BCUT2D eigenvalue weighted by Gasteiger charge is -2.38. The Bertz CT molecular complexity index is 831. The van der Waals surface area contributed by atoms with Crippen LogP contribution < -0.4 is 4.74 Å². The van der Waals surface area contributed by atoms with Crippen LogP contribution in [0.4, 0.5) is 0 Å². The molecule has 6 heteroatoms. The Morgan fingerprint density at radius 3 is 2.68 bits per heavy atom. The molecule has 0 unspecified atom stereocenters. The zero-order valence-corrected chi connectivity index (χ0v) is 13.8. The molecule has 6 nitrogen and oxygen atoms in total. The van der Waals surface area contributed by atoms with Crippen molar-refractivity contribution in [3.63, 3.8) is 0 Å². The minimum absolute atomic E-state index is 0.229. The van der Waals surface area contributed by atoms with Gasteiger partial charge in [-0.3, -0.25) is 4.90 Å². The van der Waals surface area contributed by atoms with Gasteiger partial charge >= 0.3 is 0 Å². The van der Waals surface area contributed by atoms with E-state index < -0.39 is 0 Å². The molecule has 3 heterocycles. The smallest absolute Gasteiger partial charge is 0.230 e. The van der Waals surface area contributed by atoms with Crippen LogP contribution in [0, 0.1) is 0 Å². The number of hydrogen-bond donors (Lipinski definition) is 0. The SMILES string of the molecule is c1coc(CN2CC(Oc3ccc(-c4noc(C5CC5)n4)cc3)C2)c1. The van der Waals surface area contributed by atoms with Crippen molar-refractivity contribution < 1.29 is 13.7 Å². The number of aromatic nitrogens is 2. The van der Waals surface area contributed by atoms with Gasteiger partial charge in [-0.15, -0.1) is 0 Å². The fourth-order valence-corrected chi connectivity index (χ4v) is 3.07. The molecule has 1 aromatic carbocycles. The summed E-state index contributed by atoms with van der Waals surface area (Å²) in [5.41, 5.74) is 0.955. The Kier molecular flexibility index (Phi) is 3.56. The van der Waals surface area contributed by atoms with Crippen molar-refractivity contribution in [3.8, 4) is 17.1 Å². The van der Waals surface area contributed by atoms with E-state index in [4.69, 9.17) is 13.7 Å². The highest BCUT2D eigenvalue weighted by molar-refractivity contribution is 5.55. The normalized spacial score (nSPS) is 18.2. The highest BCUT2D eigenvalue weighted by Gasteiger charge is 2.30. The Morgan fingerprint density at radius 2 is 1.96 bits per heavy atom. The first-order chi connectivity index (χ1) is 12.3. The van der Waals surface area contributed by atoms with Crippen molar-refractivity contribution in [1.82, 2.24) is 15.0 Å². The van der Waals surface area contributed by atoms with Gasteiger partial charge in [-0.1, -0.05) is 5.16 Å². The molecule has 3 aromatic rings. The molecule has 2 fully saturated rings. The third-order valence-electron chi connectivity index (χ3n) is 4.67. The molecule has 0 atom stereocenters. The standard InChI is InChI=1S/C19H19N3O3/c1-2-16(23-9-1)10-22-11-17(12-22)24-15-7-5-13(6-8-15)18-20-19(25-21-18)14-3-4-14/h1-2,5-9,14,17H,3-4,10-12H2. The van der Waals surface area contributed by atoms with Gasteiger partial charge in [0.2, 0.25) is 11.7 Å². The van der Waals surface area contributed by atoms with Crippen LogP contribution in [-0.2, 0) is 6.54 Å². The van der Waals surface area contributed by atoms with E-state index in [9.17, 15) is 0 Å². The summed E-state index contributed by atoms with van der Waals surface area (Å²) in [6, 6.07) is 11.8. The number of ether oxygens (including phenoxy) is 1. The summed E-state index contributed by atoms with van der Waals surface area (Å²) in [7, 11) is 0. The van der Waals surface area contributed by atoms with Gasteiger partial charge in [0, 0.05) is 24.6 Å². The molecule has 128 valence electrons. The molecule has 1 aliphatic heterocycles. The molecule has 1 saturated heterocycles. The summed E-state index contributed by atoms with van der Waals surface area (Å²) < 4.78 is 16.7. The van der Waals surface area contributed by atoms with Crippen LogP contribution in [0.15, 0.2) is 51.6 Å². The lowest BCUT2D eigenvalue weighted by Crippen LogP contribution is -2.52. The predicted molar refractivity (Wildman–Crippen MR) is 90.1 cm³/mol. The molecule has 25 heavy (non-hydrogen) atoms. The van der Waals surface area contributed by atoms with Crippen LogP contribution >= 0.6 is 0 Å². The molecular formula is C19H19N3O3. The van der Waals surface area contributed by atoms with Gasteiger partial charge in [-0.25, -0.2) is 0 Å². The number of benzene rings is 1. The minimum atomic E-state index is 0.229. The third kappa shape index (κ3) is 3.17. The summed E-state index contributed by atoms with van der Waals surface area (Å²) in [6.45, 7) is 2.67. The average molecular weight is 337 g/mol. The molecule has 0 bridgehead atoms. The van der Waals surface area contributed by atoms with Crippen molar-refractivity contribution in [2.24, 2.45) is 0 Å². The fourth-order valence-electron chi connectivity index (χ4n) is 3.07. The van der Waals surface area contributed by atoms with Gasteiger partial charge in [-0.05, 0) is 49.2 Å². The molecule has 2 aromatic heterocycles. The monoisotopic (exact) mass is 337 g/mol. The van der Waals surface area contributed by atoms with Crippen LogP contribution in [-0.4, -0.2) is 34.2 Å². The lowest BCUT2D eigenvalue weighted by molar-refractivity contribution is 0.0107. The Hall–Kier alpha value is -2.60. The van der Waals surface area contributed by atoms with Crippen molar-refractivity contribution in [1.29, 1.82) is 0 Å². The maximum atomic E-state index is 6.01. The minimum Gasteiger partial charge on any atom is -0.488 e. The summed E-state index contributed by atoms with van der Waals surface area (Å²) >= 11 is 0. The second-order valence-electron chi connectivity index (χ2n) is 6.77. The first-order valence-electron chi connectivity index (χ1n) is 8.69.